The van der Waals surface area contributed by atoms with Crippen LogP contribution in [0.2, 0.25) is 0 Å². The number of nitrogens with one attached hydrogen (secondary N) is 2. The van der Waals surface area contributed by atoms with Gasteiger partial charge in [-0.25, -0.2) is 4.98 Å². The minimum Gasteiger partial charge on any atom is -0.375 e. The molecule has 2 heterocycles. The molecule has 0 aromatic carbocycles. The Morgan fingerprint density at radius 1 is 1.65 bits per heavy atom. The van der Waals surface area contributed by atoms with E-state index in [0.717, 1.165) is 31.7 Å². The fraction of sp³-hybridized carbons (Fsp3) is 0.769. The van der Waals surface area contributed by atoms with Crippen molar-refractivity contribution in [3.05, 3.63) is 18.2 Å². The third-order valence-corrected chi connectivity index (χ3v) is 3.39. The van der Waals surface area contributed by atoms with Gasteiger partial charge in [0.1, 0.15) is 5.82 Å². The Morgan fingerprint density at radius 3 is 3.06 bits per heavy atom. The predicted molar refractivity (Wildman–Crippen MR) is 67.8 cm³/mol. The van der Waals surface area contributed by atoms with E-state index in [0.29, 0.717) is 12.1 Å². The Morgan fingerprint density at radius 2 is 2.47 bits per heavy atom. The quantitative estimate of drug-likeness (QED) is 0.845. The molecule has 0 aliphatic carbocycles. The van der Waals surface area contributed by atoms with Crippen LogP contribution in [-0.4, -0.2) is 28.2 Å². The van der Waals surface area contributed by atoms with E-state index in [1.807, 2.05) is 12.4 Å². The summed E-state index contributed by atoms with van der Waals surface area (Å²) in [5.41, 5.74) is -0.00261. The number of hydrogen-bond acceptors (Lipinski definition) is 3. The van der Waals surface area contributed by atoms with Gasteiger partial charge in [-0.2, -0.15) is 0 Å². The lowest BCUT2D eigenvalue weighted by Gasteiger charge is -2.37. The molecule has 0 spiro atoms. The molecule has 0 amide bonds. The first kappa shape index (κ1) is 12.6. The van der Waals surface area contributed by atoms with Crippen LogP contribution in [0, 0.1) is 0 Å². The first-order valence-electron chi connectivity index (χ1n) is 6.50. The number of aromatic nitrogens is 2. The van der Waals surface area contributed by atoms with Crippen molar-refractivity contribution in [3.8, 4) is 0 Å². The second kappa shape index (κ2) is 5.19. The Kier molecular flexibility index (Phi) is 3.84. The summed E-state index contributed by atoms with van der Waals surface area (Å²) in [6.45, 7) is 7.35. The number of imidazole rings is 1. The molecule has 0 bridgehead atoms. The number of ether oxygens (including phenoxy) is 1. The van der Waals surface area contributed by atoms with E-state index in [4.69, 9.17) is 4.74 Å². The van der Waals surface area contributed by atoms with Crippen molar-refractivity contribution in [2.75, 3.05) is 6.61 Å². The average Bonchev–Trinajstić information content (AvgIpc) is 2.78. The van der Waals surface area contributed by atoms with Crippen molar-refractivity contribution in [2.45, 2.75) is 57.7 Å². The molecule has 4 heteroatoms. The lowest BCUT2D eigenvalue weighted by atomic mass is 9.93. The Balaban J connectivity index is 1.95. The zero-order valence-corrected chi connectivity index (χ0v) is 11.0. The highest BCUT2D eigenvalue weighted by Crippen LogP contribution is 2.26. The highest BCUT2D eigenvalue weighted by molar-refractivity contribution is 4.97. The molecule has 0 radical (unpaired) electrons. The average molecular weight is 237 g/mol. The zero-order valence-electron chi connectivity index (χ0n) is 11.0. The molecule has 1 aliphatic rings. The van der Waals surface area contributed by atoms with Gasteiger partial charge in [0.05, 0.1) is 11.6 Å². The summed E-state index contributed by atoms with van der Waals surface area (Å²) in [6, 6.07) is 0.845. The number of rotatable bonds is 4. The molecule has 2 N–H and O–H groups in total. The van der Waals surface area contributed by atoms with Gasteiger partial charge >= 0.3 is 0 Å². The summed E-state index contributed by atoms with van der Waals surface area (Å²) >= 11 is 0. The lowest BCUT2D eigenvalue weighted by molar-refractivity contribution is -0.0643. The fourth-order valence-corrected chi connectivity index (χ4v) is 2.52. The van der Waals surface area contributed by atoms with Crippen LogP contribution in [0.15, 0.2) is 12.4 Å². The number of nitrogens with zero attached hydrogens (tertiary/aromatic N) is 1. The smallest absolute Gasteiger partial charge is 0.123 e. The van der Waals surface area contributed by atoms with Gasteiger partial charge in [0, 0.05) is 25.0 Å². The summed E-state index contributed by atoms with van der Waals surface area (Å²) in [7, 11) is 0. The van der Waals surface area contributed by atoms with E-state index in [2.05, 4.69) is 36.1 Å². The number of H-pyrrole nitrogens is 1. The second-order valence-corrected chi connectivity index (χ2v) is 5.40. The van der Waals surface area contributed by atoms with E-state index in [9.17, 15) is 0 Å². The molecule has 1 saturated heterocycles. The summed E-state index contributed by atoms with van der Waals surface area (Å²) in [5.74, 6) is 1.04. The van der Waals surface area contributed by atoms with Gasteiger partial charge in [0.25, 0.3) is 0 Å². The van der Waals surface area contributed by atoms with Crippen molar-refractivity contribution in [1.82, 2.24) is 15.3 Å². The van der Waals surface area contributed by atoms with Crippen LogP contribution < -0.4 is 5.32 Å². The largest absolute Gasteiger partial charge is 0.375 e. The van der Waals surface area contributed by atoms with Gasteiger partial charge in [-0.3, -0.25) is 0 Å². The van der Waals surface area contributed by atoms with Crippen LogP contribution in [0.25, 0.3) is 0 Å². The molecule has 2 atom stereocenters. The Labute approximate surface area is 103 Å². The highest BCUT2D eigenvalue weighted by Gasteiger charge is 2.30. The van der Waals surface area contributed by atoms with Crippen LogP contribution >= 0.6 is 0 Å². The Bertz CT molecular complexity index is 334. The molecule has 1 aromatic rings. The summed E-state index contributed by atoms with van der Waals surface area (Å²) in [4.78, 5) is 7.53. The highest BCUT2D eigenvalue weighted by atomic mass is 16.5. The van der Waals surface area contributed by atoms with Gasteiger partial charge in [0.2, 0.25) is 0 Å². The van der Waals surface area contributed by atoms with Crippen LogP contribution in [0.1, 0.15) is 51.9 Å². The topological polar surface area (TPSA) is 49.9 Å². The molecule has 2 rings (SSSR count). The molecule has 4 nitrogen and oxygen atoms in total. The third kappa shape index (κ3) is 3.30. The van der Waals surface area contributed by atoms with Gasteiger partial charge < -0.3 is 15.0 Å². The van der Waals surface area contributed by atoms with Crippen molar-refractivity contribution in [1.29, 1.82) is 0 Å². The molecule has 2 unspecified atom stereocenters. The van der Waals surface area contributed by atoms with E-state index in [1.54, 1.807) is 0 Å². The van der Waals surface area contributed by atoms with Crippen LogP contribution in [0.3, 0.4) is 0 Å². The SMILES string of the molecule is CCC(NC1CCOC(C)(C)C1)c1ncc[nH]1. The summed E-state index contributed by atoms with van der Waals surface area (Å²) in [5, 5.41) is 3.69. The fourth-order valence-electron chi connectivity index (χ4n) is 2.52. The standard InChI is InChI=1S/C13H23N3O/c1-4-11(12-14-6-7-15-12)16-10-5-8-17-13(2,3)9-10/h6-7,10-11,16H,4-5,8-9H2,1-3H3,(H,14,15). The van der Waals surface area contributed by atoms with Crippen molar-refractivity contribution in [3.63, 3.8) is 0 Å². The molecule has 1 fully saturated rings. The van der Waals surface area contributed by atoms with E-state index in [-0.39, 0.29) is 5.60 Å². The van der Waals surface area contributed by atoms with E-state index < -0.39 is 0 Å². The second-order valence-electron chi connectivity index (χ2n) is 5.40. The maximum atomic E-state index is 5.74. The summed E-state index contributed by atoms with van der Waals surface area (Å²) < 4.78 is 5.74. The number of aromatic amines is 1. The van der Waals surface area contributed by atoms with Crippen LogP contribution in [0.4, 0.5) is 0 Å². The predicted octanol–water partition coefficient (Wildman–Crippen LogP) is 2.41. The molecule has 0 saturated carbocycles. The van der Waals surface area contributed by atoms with Gasteiger partial charge in [-0.1, -0.05) is 6.92 Å². The molecule has 1 aromatic heterocycles. The Hall–Kier alpha value is -0.870. The van der Waals surface area contributed by atoms with Crippen LogP contribution in [-0.2, 0) is 4.74 Å². The molecule has 96 valence electrons. The van der Waals surface area contributed by atoms with E-state index >= 15 is 0 Å². The minimum atomic E-state index is -0.00261. The lowest BCUT2D eigenvalue weighted by Crippen LogP contribution is -2.45. The normalized spacial score (nSPS) is 25.7. The first-order chi connectivity index (χ1) is 8.11. The van der Waals surface area contributed by atoms with Crippen molar-refractivity contribution >= 4 is 0 Å². The monoisotopic (exact) mass is 237 g/mol. The first-order valence-corrected chi connectivity index (χ1v) is 6.50. The van der Waals surface area contributed by atoms with Gasteiger partial charge in [0.15, 0.2) is 0 Å². The molecular weight excluding hydrogens is 214 g/mol. The maximum Gasteiger partial charge on any atom is 0.123 e. The van der Waals surface area contributed by atoms with Crippen molar-refractivity contribution < 1.29 is 4.74 Å². The molecular formula is C13H23N3O. The van der Waals surface area contributed by atoms with E-state index in [1.165, 1.54) is 0 Å². The van der Waals surface area contributed by atoms with Gasteiger partial charge in [-0.05, 0) is 33.1 Å². The zero-order chi connectivity index (χ0) is 12.3. The summed E-state index contributed by atoms with van der Waals surface area (Å²) in [6.07, 6.45) is 6.89. The number of hydrogen-bond donors (Lipinski definition) is 2. The molecule has 17 heavy (non-hydrogen) atoms. The third-order valence-electron chi connectivity index (χ3n) is 3.39. The minimum absolute atomic E-state index is 0.00261. The van der Waals surface area contributed by atoms with Gasteiger partial charge in [-0.15, -0.1) is 0 Å². The molecule has 1 aliphatic heterocycles. The van der Waals surface area contributed by atoms with Crippen molar-refractivity contribution in [2.24, 2.45) is 0 Å². The maximum absolute atomic E-state index is 5.74. The van der Waals surface area contributed by atoms with Crippen LogP contribution in [0.5, 0.6) is 0 Å².